The molecule has 1 saturated heterocycles. The number of piperidine rings is 1. The third-order valence-electron chi connectivity index (χ3n) is 5.42. The second kappa shape index (κ2) is 6.25. The molecule has 0 aliphatic carbocycles. The molecule has 0 bridgehead atoms. The van der Waals surface area contributed by atoms with E-state index < -0.39 is 0 Å². The number of benzene rings is 2. The first-order chi connectivity index (χ1) is 12.1. The van der Waals surface area contributed by atoms with Gasteiger partial charge in [-0.05, 0) is 61.3 Å². The van der Waals surface area contributed by atoms with Gasteiger partial charge >= 0.3 is 0 Å². The summed E-state index contributed by atoms with van der Waals surface area (Å²) in [6.07, 6.45) is 1.11. The highest BCUT2D eigenvalue weighted by molar-refractivity contribution is 6.30. The van der Waals surface area contributed by atoms with Crippen LogP contribution in [-0.4, -0.2) is 26.2 Å². The van der Waals surface area contributed by atoms with Gasteiger partial charge in [-0.1, -0.05) is 11.6 Å². The Morgan fingerprint density at radius 1 is 1.32 bits per heavy atom. The summed E-state index contributed by atoms with van der Waals surface area (Å²) in [7, 11) is 2.12. The zero-order valence-corrected chi connectivity index (χ0v) is 15.2. The largest absolute Gasteiger partial charge is 0.370 e. The van der Waals surface area contributed by atoms with Crippen molar-refractivity contribution in [1.82, 2.24) is 5.32 Å². The van der Waals surface area contributed by atoms with Gasteiger partial charge in [0.05, 0.1) is 11.3 Å². The maximum absolute atomic E-state index is 9.70. The van der Waals surface area contributed by atoms with Crippen LogP contribution in [0.1, 0.15) is 29.0 Å². The molecule has 25 heavy (non-hydrogen) atoms. The number of anilines is 3. The Labute approximate surface area is 153 Å². The summed E-state index contributed by atoms with van der Waals surface area (Å²) in [5.41, 5.74) is 6.16. The van der Waals surface area contributed by atoms with Crippen LogP contribution < -0.4 is 15.5 Å². The van der Waals surface area contributed by atoms with E-state index in [9.17, 15) is 5.26 Å². The van der Waals surface area contributed by atoms with E-state index in [4.69, 9.17) is 11.6 Å². The van der Waals surface area contributed by atoms with Gasteiger partial charge in [-0.25, -0.2) is 0 Å². The van der Waals surface area contributed by atoms with E-state index >= 15 is 0 Å². The van der Waals surface area contributed by atoms with E-state index in [1.54, 1.807) is 0 Å². The van der Waals surface area contributed by atoms with Gasteiger partial charge in [0.2, 0.25) is 0 Å². The van der Waals surface area contributed by atoms with Crippen LogP contribution in [0.3, 0.4) is 0 Å². The lowest BCUT2D eigenvalue weighted by Crippen LogP contribution is -2.42. The number of nitriles is 1. The van der Waals surface area contributed by atoms with Crippen molar-refractivity contribution in [3.8, 4) is 6.07 Å². The number of rotatable bonds is 2. The van der Waals surface area contributed by atoms with E-state index in [0.29, 0.717) is 12.0 Å². The minimum Gasteiger partial charge on any atom is -0.370 e. The molecule has 2 aliphatic heterocycles. The first kappa shape index (κ1) is 16.3. The predicted octanol–water partition coefficient (Wildman–Crippen LogP) is 4.16. The van der Waals surface area contributed by atoms with Crippen LogP contribution in [0.2, 0.25) is 5.02 Å². The number of nitrogens with zero attached hydrogens (tertiary/aromatic N) is 2. The molecule has 128 valence electrons. The summed E-state index contributed by atoms with van der Waals surface area (Å²) in [4.78, 5) is 2.30. The van der Waals surface area contributed by atoms with E-state index in [-0.39, 0.29) is 0 Å². The molecule has 0 aromatic heterocycles. The summed E-state index contributed by atoms with van der Waals surface area (Å²) in [5, 5.41) is 17.4. The molecule has 0 spiro atoms. The number of aryl methyl sites for hydroxylation is 1. The van der Waals surface area contributed by atoms with Gasteiger partial charge in [0.1, 0.15) is 6.07 Å². The van der Waals surface area contributed by atoms with Crippen molar-refractivity contribution in [3.63, 3.8) is 0 Å². The fourth-order valence-electron chi connectivity index (χ4n) is 4.20. The molecule has 2 N–H and O–H groups in total. The molecule has 0 unspecified atom stereocenters. The molecule has 4 nitrogen and oxygen atoms in total. The van der Waals surface area contributed by atoms with Gasteiger partial charge in [-0.2, -0.15) is 5.26 Å². The Morgan fingerprint density at radius 2 is 2.16 bits per heavy atom. The Kier molecular flexibility index (Phi) is 4.07. The van der Waals surface area contributed by atoms with Crippen molar-refractivity contribution in [2.45, 2.75) is 25.3 Å². The van der Waals surface area contributed by atoms with Crippen LogP contribution in [-0.2, 0) is 0 Å². The van der Waals surface area contributed by atoms with Gasteiger partial charge in [0.15, 0.2) is 0 Å². The van der Waals surface area contributed by atoms with Crippen molar-refractivity contribution in [3.05, 3.63) is 52.0 Å². The van der Waals surface area contributed by atoms with Gasteiger partial charge in [-0.3, -0.25) is 0 Å². The van der Waals surface area contributed by atoms with E-state index in [0.717, 1.165) is 52.7 Å². The van der Waals surface area contributed by atoms with Gasteiger partial charge in [0.25, 0.3) is 0 Å². The summed E-state index contributed by atoms with van der Waals surface area (Å²) >= 11 is 6.05. The molecule has 0 saturated carbocycles. The third-order valence-corrected chi connectivity index (χ3v) is 5.66. The average molecular weight is 353 g/mol. The highest BCUT2D eigenvalue weighted by Gasteiger charge is 2.39. The Balaban J connectivity index is 1.75. The van der Waals surface area contributed by atoms with Crippen molar-refractivity contribution >= 4 is 28.7 Å². The fourth-order valence-corrected chi connectivity index (χ4v) is 4.43. The predicted molar refractivity (Wildman–Crippen MR) is 103 cm³/mol. The highest BCUT2D eigenvalue weighted by atomic mass is 35.5. The van der Waals surface area contributed by atoms with Crippen LogP contribution in [0.4, 0.5) is 17.1 Å². The molecule has 4 rings (SSSR count). The minimum atomic E-state index is 0.439. The van der Waals surface area contributed by atoms with E-state index in [1.165, 1.54) is 5.56 Å². The molecule has 0 amide bonds. The first-order valence-corrected chi connectivity index (χ1v) is 9.01. The van der Waals surface area contributed by atoms with Crippen LogP contribution in [0, 0.1) is 18.3 Å². The van der Waals surface area contributed by atoms with E-state index in [1.807, 2.05) is 31.2 Å². The second-order valence-electron chi connectivity index (χ2n) is 6.94. The minimum absolute atomic E-state index is 0.439. The molecule has 2 aromatic rings. The summed E-state index contributed by atoms with van der Waals surface area (Å²) < 4.78 is 0. The van der Waals surface area contributed by atoms with Crippen molar-refractivity contribution in [2.75, 3.05) is 30.4 Å². The molecule has 2 atom stereocenters. The molecule has 2 aliphatic rings. The van der Waals surface area contributed by atoms with Crippen molar-refractivity contribution < 1.29 is 0 Å². The number of likely N-dealkylation sites (N-methyl/N-ethyl adjacent to an activating group) is 1. The lowest BCUT2D eigenvalue weighted by atomic mass is 9.89. The molecule has 2 aromatic carbocycles. The molecular formula is C20H21ClN4. The second-order valence-corrected chi connectivity index (χ2v) is 7.37. The SMILES string of the molecule is Cc1cc(Cl)ccc1Nc1cc(C#N)c2c(c1)[C@@H]1CNCC[C@@H]1N2C. The molecule has 0 radical (unpaired) electrons. The zero-order valence-electron chi connectivity index (χ0n) is 14.4. The Hall–Kier alpha value is -2.22. The molecular weight excluding hydrogens is 332 g/mol. The average Bonchev–Trinajstić information content (AvgIpc) is 2.90. The normalized spacial score (nSPS) is 21.4. The molecule has 2 heterocycles. The fraction of sp³-hybridized carbons (Fsp3) is 0.350. The van der Waals surface area contributed by atoms with Crippen molar-refractivity contribution in [2.24, 2.45) is 0 Å². The van der Waals surface area contributed by atoms with Gasteiger partial charge in [-0.15, -0.1) is 0 Å². The topological polar surface area (TPSA) is 51.1 Å². The number of halogens is 1. The van der Waals surface area contributed by atoms with Gasteiger partial charge in [0, 0.05) is 41.9 Å². The number of fused-ring (bicyclic) bond motifs is 3. The monoisotopic (exact) mass is 352 g/mol. The van der Waals surface area contributed by atoms with Crippen molar-refractivity contribution in [1.29, 1.82) is 5.26 Å². The van der Waals surface area contributed by atoms with Crippen LogP contribution >= 0.6 is 11.6 Å². The number of hydrogen-bond donors (Lipinski definition) is 2. The molecule has 5 heteroatoms. The van der Waals surface area contributed by atoms with Crippen LogP contribution in [0.25, 0.3) is 0 Å². The first-order valence-electron chi connectivity index (χ1n) is 8.63. The maximum atomic E-state index is 9.70. The summed E-state index contributed by atoms with van der Waals surface area (Å²) in [5.74, 6) is 0.439. The zero-order chi connectivity index (χ0) is 17.6. The standard InChI is InChI=1S/C20H21ClN4/c1-12-7-14(21)3-4-18(12)24-15-8-13(10-22)20-16(9-15)17-11-23-6-5-19(17)25(20)2/h3-4,7-9,17,19,23-24H,5-6,11H2,1-2H3/t17-,19-/m0/s1. The Bertz CT molecular complexity index is 871. The molecule has 1 fully saturated rings. The summed E-state index contributed by atoms with van der Waals surface area (Å²) in [6, 6.07) is 12.8. The Morgan fingerprint density at radius 3 is 2.92 bits per heavy atom. The lowest BCUT2D eigenvalue weighted by Gasteiger charge is -2.31. The quantitative estimate of drug-likeness (QED) is 0.852. The lowest BCUT2D eigenvalue weighted by molar-refractivity contribution is 0.413. The van der Waals surface area contributed by atoms with Crippen LogP contribution in [0.15, 0.2) is 30.3 Å². The van der Waals surface area contributed by atoms with Crippen LogP contribution in [0.5, 0.6) is 0 Å². The maximum Gasteiger partial charge on any atom is 0.101 e. The summed E-state index contributed by atoms with van der Waals surface area (Å²) in [6.45, 7) is 4.04. The van der Waals surface area contributed by atoms with Gasteiger partial charge < -0.3 is 15.5 Å². The highest BCUT2D eigenvalue weighted by Crippen LogP contribution is 2.45. The van der Waals surface area contributed by atoms with E-state index in [2.05, 4.69) is 34.7 Å². The smallest absolute Gasteiger partial charge is 0.101 e. The third kappa shape index (κ3) is 2.74. The number of hydrogen-bond acceptors (Lipinski definition) is 4. The number of nitrogens with one attached hydrogen (secondary N) is 2.